The van der Waals surface area contributed by atoms with Crippen LogP contribution in [0.2, 0.25) is 0 Å². The molecule has 142 valence electrons. The summed E-state index contributed by atoms with van der Waals surface area (Å²) in [4.78, 5) is 16.7. The van der Waals surface area contributed by atoms with Gasteiger partial charge in [0.15, 0.2) is 0 Å². The van der Waals surface area contributed by atoms with E-state index in [1.807, 2.05) is 12.0 Å². The number of nitrogens with zero attached hydrogens (tertiary/aromatic N) is 4. The lowest BCUT2D eigenvalue weighted by molar-refractivity contribution is -0.141. The zero-order valence-corrected chi connectivity index (χ0v) is 14.6. The number of nitrogens with one attached hydrogen (secondary N) is 2. The van der Waals surface area contributed by atoms with E-state index in [1.165, 1.54) is 12.4 Å². The van der Waals surface area contributed by atoms with Gasteiger partial charge in [-0.1, -0.05) is 12.1 Å². The summed E-state index contributed by atoms with van der Waals surface area (Å²) in [5, 5.41) is 12.5. The largest absolute Gasteiger partial charge is 0.432 e. The van der Waals surface area contributed by atoms with E-state index < -0.39 is 11.9 Å². The first-order chi connectivity index (χ1) is 12.8. The van der Waals surface area contributed by atoms with Crippen molar-refractivity contribution < 1.29 is 18.0 Å². The maximum atomic E-state index is 12.7. The quantitative estimate of drug-likeness (QED) is 0.714. The second kappa shape index (κ2) is 7.22. The number of carbonyl (C=O) groups is 1. The van der Waals surface area contributed by atoms with E-state index in [0.29, 0.717) is 23.5 Å². The minimum Gasteiger partial charge on any atom is -0.342 e. The summed E-state index contributed by atoms with van der Waals surface area (Å²) in [6.45, 7) is 4.31. The van der Waals surface area contributed by atoms with Gasteiger partial charge < -0.3 is 5.32 Å². The van der Waals surface area contributed by atoms with E-state index >= 15 is 0 Å². The maximum absolute atomic E-state index is 12.7. The third-order valence-corrected chi connectivity index (χ3v) is 3.98. The number of alkyl halides is 3. The number of aryl methyl sites for hydroxylation is 1. The van der Waals surface area contributed by atoms with Crippen molar-refractivity contribution in [1.82, 2.24) is 30.3 Å². The molecule has 0 saturated carbocycles. The van der Waals surface area contributed by atoms with E-state index in [-0.39, 0.29) is 17.6 Å². The Morgan fingerprint density at radius 3 is 2.78 bits per heavy atom. The highest BCUT2D eigenvalue weighted by atomic mass is 19.4. The molecule has 1 aromatic carbocycles. The summed E-state index contributed by atoms with van der Waals surface area (Å²) >= 11 is 0. The normalized spacial score (nSPS) is 12.8. The summed E-state index contributed by atoms with van der Waals surface area (Å²) in [6.07, 6.45) is -3.09. The lowest BCUT2D eigenvalue weighted by Crippen LogP contribution is -2.28. The van der Waals surface area contributed by atoms with E-state index in [0.717, 1.165) is 6.07 Å². The topological polar surface area (TPSA) is 88.5 Å². The van der Waals surface area contributed by atoms with Crippen LogP contribution in [0.3, 0.4) is 0 Å². The molecular weight excluding hydrogens is 361 g/mol. The first kappa shape index (κ1) is 18.6. The molecule has 0 bridgehead atoms. The summed E-state index contributed by atoms with van der Waals surface area (Å²) in [5.74, 6) is 0.241. The average molecular weight is 378 g/mol. The van der Waals surface area contributed by atoms with Crippen LogP contribution in [0.1, 0.15) is 41.8 Å². The number of benzene rings is 1. The molecule has 3 aromatic rings. The van der Waals surface area contributed by atoms with Gasteiger partial charge >= 0.3 is 6.18 Å². The van der Waals surface area contributed by atoms with Crippen LogP contribution in [0.5, 0.6) is 0 Å². The van der Waals surface area contributed by atoms with Gasteiger partial charge in [0.25, 0.3) is 5.91 Å². The maximum Gasteiger partial charge on any atom is 0.432 e. The molecule has 3 rings (SSSR count). The van der Waals surface area contributed by atoms with Gasteiger partial charge in [0.1, 0.15) is 17.8 Å². The first-order valence-corrected chi connectivity index (χ1v) is 8.21. The number of hydrogen-bond donors (Lipinski definition) is 2. The molecule has 1 amide bonds. The summed E-state index contributed by atoms with van der Waals surface area (Å²) in [5.41, 5.74) is -0.132. The van der Waals surface area contributed by atoms with E-state index in [1.54, 1.807) is 29.8 Å². The van der Waals surface area contributed by atoms with Gasteiger partial charge in [0, 0.05) is 17.7 Å². The summed E-state index contributed by atoms with van der Waals surface area (Å²) in [7, 11) is 0. The number of amides is 1. The van der Waals surface area contributed by atoms with Crippen LogP contribution in [-0.2, 0) is 12.7 Å². The predicted molar refractivity (Wildman–Crippen MR) is 90.6 cm³/mol. The van der Waals surface area contributed by atoms with Gasteiger partial charge in [-0.05, 0) is 32.0 Å². The van der Waals surface area contributed by atoms with Crippen LogP contribution < -0.4 is 5.32 Å². The molecule has 0 aliphatic heterocycles. The highest BCUT2D eigenvalue weighted by molar-refractivity contribution is 5.95. The van der Waals surface area contributed by atoms with Crippen LogP contribution in [0, 0.1) is 0 Å². The monoisotopic (exact) mass is 378 g/mol. The number of aromatic amines is 1. The summed E-state index contributed by atoms with van der Waals surface area (Å²) < 4.78 is 39.8. The van der Waals surface area contributed by atoms with Crippen molar-refractivity contribution in [3.05, 3.63) is 53.7 Å². The number of carbonyl (C=O) groups excluding carboxylic acids is 1. The zero-order chi connectivity index (χ0) is 19.6. The van der Waals surface area contributed by atoms with Crippen molar-refractivity contribution in [3.8, 4) is 11.3 Å². The van der Waals surface area contributed by atoms with E-state index in [9.17, 15) is 18.0 Å². The van der Waals surface area contributed by atoms with E-state index in [4.69, 9.17) is 0 Å². The molecule has 27 heavy (non-hydrogen) atoms. The smallest absolute Gasteiger partial charge is 0.342 e. The minimum absolute atomic E-state index is 0.107. The SMILES string of the molecule is CCn1ncnc1C(C)NC(=O)c1cccc(-c2cc(C(F)(F)F)[nH]n2)c1. The van der Waals surface area contributed by atoms with Gasteiger partial charge in [-0.3, -0.25) is 9.89 Å². The number of rotatable bonds is 5. The lowest BCUT2D eigenvalue weighted by atomic mass is 10.1. The zero-order valence-electron chi connectivity index (χ0n) is 14.6. The Bertz CT molecular complexity index is 946. The first-order valence-electron chi connectivity index (χ1n) is 8.21. The number of aromatic nitrogens is 5. The van der Waals surface area contributed by atoms with Crippen LogP contribution in [-0.4, -0.2) is 30.9 Å². The van der Waals surface area contributed by atoms with Gasteiger partial charge in [0.2, 0.25) is 0 Å². The molecule has 0 spiro atoms. The molecule has 1 unspecified atom stereocenters. The van der Waals surface area contributed by atoms with Crippen molar-refractivity contribution >= 4 is 5.91 Å². The minimum atomic E-state index is -4.51. The molecule has 2 N–H and O–H groups in total. The number of hydrogen-bond acceptors (Lipinski definition) is 4. The third-order valence-electron chi connectivity index (χ3n) is 3.98. The molecule has 10 heteroatoms. The molecule has 0 radical (unpaired) electrons. The van der Waals surface area contributed by atoms with Gasteiger partial charge in [-0.25, -0.2) is 9.67 Å². The molecule has 0 aliphatic rings. The Morgan fingerprint density at radius 1 is 1.33 bits per heavy atom. The van der Waals surface area contributed by atoms with Gasteiger partial charge in [-0.15, -0.1) is 0 Å². The highest BCUT2D eigenvalue weighted by Crippen LogP contribution is 2.30. The Balaban J connectivity index is 1.79. The van der Waals surface area contributed by atoms with Crippen LogP contribution >= 0.6 is 0 Å². The third kappa shape index (κ3) is 3.99. The van der Waals surface area contributed by atoms with E-state index in [2.05, 4.69) is 20.5 Å². The second-order valence-electron chi connectivity index (χ2n) is 5.87. The Labute approximate surface area is 152 Å². The molecule has 0 saturated heterocycles. The van der Waals surface area contributed by atoms with Crippen molar-refractivity contribution in [2.75, 3.05) is 0 Å². The molecule has 0 fully saturated rings. The molecule has 2 aromatic heterocycles. The fraction of sp³-hybridized carbons (Fsp3) is 0.294. The van der Waals surface area contributed by atoms with Crippen molar-refractivity contribution in [1.29, 1.82) is 0 Å². The van der Waals surface area contributed by atoms with Crippen LogP contribution in [0.4, 0.5) is 13.2 Å². The fourth-order valence-corrected chi connectivity index (χ4v) is 2.63. The van der Waals surface area contributed by atoms with Gasteiger partial charge in [-0.2, -0.15) is 23.4 Å². The second-order valence-corrected chi connectivity index (χ2v) is 5.87. The standard InChI is InChI=1S/C17H17F3N6O/c1-3-26-15(21-9-22-26)10(2)23-16(27)12-6-4-5-11(7-12)13-8-14(25-24-13)17(18,19)20/h4-10H,3H2,1-2H3,(H,23,27)(H,24,25). The van der Waals surface area contributed by atoms with Crippen molar-refractivity contribution in [2.24, 2.45) is 0 Å². The van der Waals surface area contributed by atoms with Crippen LogP contribution in [0.25, 0.3) is 11.3 Å². The van der Waals surface area contributed by atoms with Crippen molar-refractivity contribution in [3.63, 3.8) is 0 Å². The predicted octanol–water partition coefficient (Wildman–Crippen LogP) is 3.20. The van der Waals surface area contributed by atoms with Crippen molar-refractivity contribution in [2.45, 2.75) is 32.6 Å². The highest BCUT2D eigenvalue weighted by Gasteiger charge is 2.33. The lowest BCUT2D eigenvalue weighted by Gasteiger charge is -2.14. The Morgan fingerprint density at radius 2 is 2.11 bits per heavy atom. The molecule has 7 nitrogen and oxygen atoms in total. The van der Waals surface area contributed by atoms with Gasteiger partial charge in [0.05, 0.1) is 11.7 Å². The fourth-order valence-electron chi connectivity index (χ4n) is 2.63. The Hall–Kier alpha value is -3.17. The molecule has 0 aliphatic carbocycles. The number of halogens is 3. The molecular formula is C17H17F3N6O. The van der Waals surface area contributed by atoms with Crippen LogP contribution in [0.15, 0.2) is 36.7 Å². The molecule has 2 heterocycles. The summed E-state index contributed by atoms with van der Waals surface area (Å²) in [6, 6.07) is 6.76. The average Bonchev–Trinajstić information content (AvgIpc) is 3.30. The number of H-pyrrole nitrogens is 1. The molecule has 1 atom stereocenters. The Kier molecular flexibility index (Phi) is 4.98.